The van der Waals surface area contributed by atoms with Crippen LogP contribution in [0.3, 0.4) is 0 Å². The first-order chi connectivity index (χ1) is 17.3. The van der Waals surface area contributed by atoms with Crippen molar-refractivity contribution in [2.75, 3.05) is 25.6 Å². The number of fused-ring (bicyclic) bond motifs is 1. The number of thiocarbonyl (C=S) groups is 1. The molecule has 2 N–H and O–H groups in total. The molecule has 11 heteroatoms. The zero-order valence-corrected chi connectivity index (χ0v) is 21.0. The first-order valence-electron chi connectivity index (χ1n) is 10.8. The number of amides is 3. The lowest BCUT2D eigenvalue weighted by atomic mass is 10.0. The predicted octanol–water partition coefficient (Wildman–Crippen LogP) is 3.71. The number of hydrogen-bond donors (Lipinski definition) is 2. The zero-order chi connectivity index (χ0) is 25.8. The fourth-order valence-electron chi connectivity index (χ4n) is 3.67. The highest BCUT2D eigenvalue weighted by Crippen LogP contribution is 2.37. The molecule has 0 atom stereocenters. The summed E-state index contributed by atoms with van der Waals surface area (Å²) < 4.78 is 10.4. The molecule has 0 saturated carbocycles. The lowest BCUT2D eigenvalue weighted by Crippen LogP contribution is -2.43. The third-order valence-electron chi connectivity index (χ3n) is 5.33. The van der Waals surface area contributed by atoms with Gasteiger partial charge in [0.15, 0.2) is 5.11 Å². The summed E-state index contributed by atoms with van der Waals surface area (Å²) >= 11 is 6.47. The van der Waals surface area contributed by atoms with Gasteiger partial charge in [0, 0.05) is 10.9 Å². The Morgan fingerprint density at radius 1 is 1.00 bits per heavy atom. The van der Waals surface area contributed by atoms with Crippen LogP contribution in [0.1, 0.15) is 38.0 Å². The molecule has 4 rings (SSSR count). The molecule has 1 aliphatic rings. The van der Waals surface area contributed by atoms with Gasteiger partial charge in [0.05, 0.1) is 24.8 Å². The number of thiophene rings is 1. The van der Waals surface area contributed by atoms with E-state index in [9.17, 15) is 19.2 Å². The number of rotatable bonds is 7. The summed E-state index contributed by atoms with van der Waals surface area (Å²) in [5, 5.41) is 7.39. The Bertz CT molecular complexity index is 1330. The van der Waals surface area contributed by atoms with Gasteiger partial charge in [0.2, 0.25) is 5.91 Å². The van der Waals surface area contributed by atoms with Crippen molar-refractivity contribution in [2.45, 2.75) is 6.92 Å². The van der Waals surface area contributed by atoms with Crippen LogP contribution >= 0.6 is 23.6 Å². The minimum absolute atomic E-state index is 0.0923. The molecule has 1 aliphatic heterocycles. The molecule has 2 heterocycles. The van der Waals surface area contributed by atoms with Crippen LogP contribution in [0.5, 0.6) is 5.75 Å². The normalized spacial score (nSPS) is 12.2. The lowest BCUT2D eigenvalue weighted by molar-refractivity contribution is -0.120. The second-order valence-corrected chi connectivity index (χ2v) is 8.83. The first kappa shape index (κ1) is 25.0. The third-order valence-corrected chi connectivity index (χ3v) is 6.43. The second kappa shape index (κ2) is 10.7. The van der Waals surface area contributed by atoms with Crippen molar-refractivity contribution in [1.82, 2.24) is 10.2 Å². The summed E-state index contributed by atoms with van der Waals surface area (Å²) in [5.74, 6) is -1.63. The molecule has 0 saturated heterocycles. The van der Waals surface area contributed by atoms with Gasteiger partial charge in [-0.3, -0.25) is 19.3 Å². The van der Waals surface area contributed by atoms with E-state index in [2.05, 4.69) is 10.6 Å². The highest BCUT2D eigenvalue weighted by molar-refractivity contribution is 7.80. The smallest absolute Gasteiger partial charge is 0.341 e. The highest BCUT2D eigenvalue weighted by atomic mass is 32.1. The molecular weight excluding hydrogens is 502 g/mol. The molecule has 0 bridgehead atoms. The first-order valence-corrected chi connectivity index (χ1v) is 12.1. The van der Waals surface area contributed by atoms with Crippen molar-refractivity contribution in [3.05, 3.63) is 70.6 Å². The number of hydrogen-bond acceptors (Lipinski definition) is 8. The van der Waals surface area contributed by atoms with Crippen molar-refractivity contribution >= 4 is 57.4 Å². The Kier molecular flexibility index (Phi) is 7.41. The molecule has 0 radical (unpaired) electrons. The summed E-state index contributed by atoms with van der Waals surface area (Å²) in [6, 6.07) is 13.6. The number of nitrogens with zero attached hydrogens (tertiary/aromatic N) is 1. The maximum Gasteiger partial charge on any atom is 0.341 e. The maximum absolute atomic E-state index is 12.8. The molecule has 184 valence electrons. The Hall–Kier alpha value is -4.09. The van der Waals surface area contributed by atoms with E-state index in [1.54, 1.807) is 43.7 Å². The van der Waals surface area contributed by atoms with Gasteiger partial charge in [-0.25, -0.2) is 4.79 Å². The highest BCUT2D eigenvalue weighted by Gasteiger charge is 2.36. The van der Waals surface area contributed by atoms with Crippen molar-refractivity contribution in [1.29, 1.82) is 0 Å². The number of nitrogens with one attached hydrogen (secondary N) is 2. The van der Waals surface area contributed by atoms with Crippen LogP contribution in [0.2, 0.25) is 0 Å². The molecule has 0 unspecified atom stereocenters. The molecule has 0 aliphatic carbocycles. The van der Waals surface area contributed by atoms with E-state index in [1.165, 1.54) is 23.5 Å². The predicted molar refractivity (Wildman–Crippen MR) is 138 cm³/mol. The van der Waals surface area contributed by atoms with Gasteiger partial charge in [-0.05, 0) is 49.0 Å². The van der Waals surface area contributed by atoms with Gasteiger partial charge in [-0.15, -0.1) is 11.3 Å². The lowest BCUT2D eigenvalue weighted by Gasteiger charge is -2.15. The fraction of sp³-hybridized carbons (Fsp3) is 0.160. The van der Waals surface area contributed by atoms with Crippen molar-refractivity contribution in [3.63, 3.8) is 0 Å². The number of benzene rings is 2. The summed E-state index contributed by atoms with van der Waals surface area (Å²) in [6.07, 6.45) is 0. The van der Waals surface area contributed by atoms with E-state index < -0.39 is 30.2 Å². The van der Waals surface area contributed by atoms with Crippen LogP contribution in [-0.4, -0.2) is 54.0 Å². The monoisotopic (exact) mass is 523 g/mol. The molecular formula is C25H21N3O6S2. The summed E-state index contributed by atoms with van der Waals surface area (Å²) in [4.78, 5) is 51.2. The third kappa shape index (κ3) is 4.97. The standard InChI is InChI=1S/C25H21N3O6S2/c1-3-34-24(32)20-18(14-8-10-15(33-2)11-9-14)13-36-21(20)27-25(35)26-19(29)12-28-22(30)16-6-4-5-7-17(16)23(28)31/h4-11,13H,3,12H2,1-2H3,(H2,26,27,29,35). The van der Waals surface area contributed by atoms with Crippen molar-refractivity contribution in [2.24, 2.45) is 0 Å². The van der Waals surface area contributed by atoms with Gasteiger partial charge in [0.25, 0.3) is 11.8 Å². The second-order valence-electron chi connectivity index (χ2n) is 7.55. The van der Waals surface area contributed by atoms with E-state index in [1.807, 2.05) is 12.1 Å². The molecule has 36 heavy (non-hydrogen) atoms. The molecule has 0 spiro atoms. The molecule has 3 aromatic rings. The summed E-state index contributed by atoms with van der Waals surface area (Å²) in [6.45, 7) is 1.38. The number of anilines is 1. The van der Waals surface area contributed by atoms with E-state index in [0.29, 0.717) is 16.3 Å². The molecule has 1 aromatic heterocycles. The Balaban J connectivity index is 1.48. The molecule has 0 fully saturated rings. The topological polar surface area (TPSA) is 114 Å². The van der Waals surface area contributed by atoms with Crippen LogP contribution in [0, 0.1) is 0 Å². The van der Waals surface area contributed by atoms with Crippen molar-refractivity contribution in [3.8, 4) is 16.9 Å². The number of imide groups is 1. The van der Waals surface area contributed by atoms with Crippen LogP contribution in [0.4, 0.5) is 5.00 Å². The summed E-state index contributed by atoms with van der Waals surface area (Å²) in [7, 11) is 1.56. The van der Waals surface area contributed by atoms with Crippen LogP contribution in [0.25, 0.3) is 11.1 Å². The van der Waals surface area contributed by atoms with Gasteiger partial charge in [0.1, 0.15) is 22.9 Å². The number of methoxy groups -OCH3 is 1. The zero-order valence-electron chi connectivity index (χ0n) is 19.3. The van der Waals surface area contributed by atoms with Gasteiger partial charge in [-0.1, -0.05) is 24.3 Å². The van der Waals surface area contributed by atoms with Gasteiger partial charge in [-0.2, -0.15) is 0 Å². The quantitative estimate of drug-likeness (QED) is 0.274. The van der Waals surface area contributed by atoms with E-state index in [-0.39, 0.29) is 28.4 Å². The van der Waals surface area contributed by atoms with Crippen LogP contribution in [-0.2, 0) is 9.53 Å². The average molecular weight is 524 g/mol. The van der Waals surface area contributed by atoms with Gasteiger partial charge >= 0.3 is 5.97 Å². The van der Waals surface area contributed by atoms with E-state index in [0.717, 1.165) is 10.5 Å². The fourth-order valence-corrected chi connectivity index (χ4v) is 4.91. The molecule has 9 nitrogen and oxygen atoms in total. The maximum atomic E-state index is 12.8. The Morgan fingerprint density at radius 3 is 2.22 bits per heavy atom. The van der Waals surface area contributed by atoms with Crippen LogP contribution < -0.4 is 15.4 Å². The molecule has 3 amide bonds. The molecule has 2 aromatic carbocycles. The van der Waals surface area contributed by atoms with Crippen LogP contribution in [0.15, 0.2) is 53.9 Å². The van der Waals surface area contributed by atoms with Crippen molar-refractivity contribution < 1.29 is 28.7 Å². The minimum Gasteiger partial charge on any atom is -0.497 e. The average Bonchev–Trinajstić information content (AvgIpc) is 3.39. The SMILES string of the molecule is CCOC(=O)c1c(-c2ccc(OC)cc2)csc1NC(=S)NC(=O)CN1C(=O)c2ccccc2C1=O. The summed E-state index contributed by atoms with van der Waals surface area (Å²) in [5.41, 5.74) is 2.16. The van der Waals surface area contributed by atoms with E-state index >= 15 is 0 Å². The number of ether oxygens (including phenoxy) is 2. The number of carbonyl (C=O) groups excluding carboxylic acids is 4. The van der Waals surface area contributed by atoms with Gasteiger partial charge < -0.3 is 20.1 Å². The number of esters is 1. The minimum atomic E-state index is -0.661. The Labute approximate surface area is 216 Å². The number of carbonyl (C=O) groups is 4. The Morgan fingerprint density at radius 2 is 1.64 bits per heavy atom. The largest absolute Gasteiger partial charge is 0.497 e. The van der Waals surface area contributed by atoms with E-state index in [4.69, 9.17) is 21.7 Å².